The van der Waals surface area contributed by atoms with Gasteiger partial charge < -0.3 is 9.64 Å². The van der Waals surface area contributed by atoms with Crippen molar-refractivity contribution in [2.24, 2.45) is 4.99 Å². The van der Waals surface area contributed by atoms with Crippen molar-refractivity contribution in [1.29, 1.82) is 0 Å². The second kappa shape index (κ2) is 7.49. The third kappa shape index (κ3) is 3.33. The lowest BCUT2D eigenvalue weighted by molar-refractivity contribution is -0.00546. The number of hydrogen-bond donors (Lipinski definition) is 0. The van der Waals surface area contributed by atoms with E-state index < -0.39 is 0 Å². The number of nitrogens with zero attached hydrogens (tertiary/aromatic N) is 7. The van der Waals surface area contributed by atoms with E-state index in [1.54, 1.807) is 12.7 Å². The van der Waals surface area contributed by atoms with Gasteiger partial charge in [-0.1, -0.05) is 12.1 Å². The third-order valence-corrected chi connectivity index (χ3v) is 6.04. The molecule has 8 heteroatoms. The van der Waals surface area contributed by atoms with Crippen LogP contribution in [-0.4, -0.2) is 55.6 Å². The Morgan fingerprint density at radius 1 is 0.969 bits per heavy atom. The highest BCUT2D eigenvalue weighted by Gasteiger charge is 2.25. The number of fused-ring (bicyclic) bond motifs is 2. The molecule has 0 aliphatic carbocycles. The van der Waals surface area contributed by atoms with E-state index in [0.717, 1.165) is 52.7 Å². The Morgan fingerprint density at radius 2 is 1.81 bits per heavy atom. The quantitative estimate of drug-likeness (QED) is 0.502. The van der Waals surface area contributed by atoms with Crippen LogP contribution in [-0.2, 0) is 11.3 Å². The topological polar surface area (TPSA) is 80.8 Å². The minimum Gasteiger partial charge on any atom is -0.372 e. The fourth-order valence-corrected chi connectivity index (χ4v) is 4.60. The first-order valence-electron chi connectivity index (χ1n) is 10.8. The minimum atomic E-state index is 0.173. The molecule has 1 fully saturated rings. The maximum Gasteiger partial charge on any atom is 0.160 e. The molecule has 0 N–H and O–H groups in total. The van der Waals surface area contributed by atoms with Crippen LogP contribution >= 0.6 is 0 Å². The van der Waals surface area contributed by atoms with Crippen molar-refractivity contribution in [1.82, 2.24) is 24.6 Å². The molecule has 2 aliphatic heterocycles. The van der Waals surface area contributed by atoms with Crippen molar-refractivity contribution in [3.8, 4) is 11.1 Å². The molecule has 0 unspecified atom stereocenters. The van der Waals surface area contributed by atoms with E-state index in [0.29, 0.717) is 6.54 Å². The van der Waals surface area contributed by atoms with Crippen molar-refractivity contribution < 1.29 is 4.74 Å². The van der Waals surface area contributed by atoms with Crippen molar-refractivity contribution in [3.05, 3.63) is 72.1 Å². The molecule has 4 aromatic rings. The van der Waals surface area contributed by atoms with Crippen LogP contribution in [0.3, 0.4) is 0 Å². The highest BCUT2D eigenvalue weighted by atomic mass is 16.5. The Balaban J connectivity index is 1.34. The van der Waals surface area contributed by atoms with E-state index in [4.69, 9.17) is 9.73 Å². The fourth-order valence-electron chi connectivity index (χ4n) is 4.60. The average molecular weight is 425 g/mol. The van der Waals surface area contributed by atoms with Gasteiger partial charge in [-0.25, -0.2) is 9.97 Å². The summed E-state index contributed by atoms with van der Waals surface area (Å²) in [5.74, 6) is 0.919. The fraction of sp³-hybridized carbons (Fsp3) is 0.292. The molecule has 0 bridgehead atoms. The summed E-state index contributed by atoms with van der Waals surface area (Å²) in [5, 5.41) is 8.06. The summed E-state index contributed by atoms with van der Waals surface area (Å²) in [6.45, 7) is 6.50. The van der Waals surface area contributed by atoms with E-state index in [2.05, 4.69) is 69.2 Å². The summed E-state index contributed by atoms with van der Waals surface area (Å²) in [6, 6.07) is 12.6. The van der Waals surface area contributed by atoms with Gasteiger partial charge in [-0.2, -0.15) is 0 Å². The van der Waals surface area contributed by atoms with Gasteiger partial charge in [-0.3, -0.25) is 9.39 Å². The van der Waals surface area contributed by atoms with Crippen LogP contribution in [0, 0.1) is 0 Å². The molecule has 0 saturated carbocycles. The predicted octanol–water partition coefficient (Wildman–Crippen LogP) is 3.15. The molecule has 2 aliphatic rings. The number of rotatable bonds is 3. The van der Waals surface area contributed by atoms with Crippen molar-refractivity contribution in [2.45, 2.75) is 32.6 Å². The first-order chi connectivity index (χ1) is 15.6. The Bertz CT molecular complexity index is 1340. The van der Waals surface area contributed by atoms with Gasteiger partial charge in [-0.05, 0) is 48.7 Å². The van der Waals surface area contributed by atoms with E-state index in [1.165, 1.54) is 5.56 Å². The lowest BCUT2D eigenvalue weighted by Crippen LogP contribution is -2.45. The number of pyridine rings is 1. The van der Waals surface area contributed by atoms with Gasteiger partial charge in [0.1, 0.15) is 18.5 Å². The summed E-state index contributed by atoms with van der Waals surface area (Å²) in [7, 11) is 0. The van der Waals surface area contributed by atoms with Crippen LogP contribution in [0.2, 0.25) is 0 Å². The van der Waals surface area contributed by atoms with E-state index in [9.17, 15) is 0 Å². The SMILES string of the molecule is C[C@@H]1CN(c2cc(C3=NCc4ccc(-c5ccc6nncn6c5)cc43)ncn2)C[C@H](C)O1. The van der Waals surface area contributed by atoms with Gasteiger partial charge in [0.2, 0.25) is 0 Å². The first-order valence-corrected chi connectivity index (χ1v) is 10.8. The van der Waals surface area contributed by atoms with Gasteiger partial charge >= 0.3 is 0 Å². The second-order valence-electron chi connectivity index (χ2n) is 8.47. The van der Waals surface area contributed by atoms with Gasteiger partial charge in [0, 0.05) is 30.9 Å². The van der Waals surface area contributed by atoms with Crippen molar-refractivity contribution >= 4 is 17.2 Å². The number of ether oxygens (including phenoxy) is 1. The second-order valence-corrected chi connectivity index (χ2v) is 8.47. The zero-order valence-corrected chi connectivity index (χ0v) is 18.0. The molecule has 2 atom stereocenters. The number of anilines is 1. The van der Waals surface area contributed by atoms with Gasteiger partial charge in [-0.15, -0.1) is 10.2 Å². The molecular weight excluding hydrogens is 402 g/mol. The highest BCUT2D eigenvalue weighted by molar-refractivity contribution is 6.14. The number of aliphatic imine (C=N–C) groups is 1. The predicted molar refractivity (Wildman–Crippen MR) is 122 cm³/mol. The summed E-state index contributed by atoms with van der Waals surface area (Å²) >= 11 is 0. The van der Waals surface area contributed by atoms with Gasteiger partial charge in [0.25, 0.3) is 0 Å². The summed E-state index contributed by atoms with van der Waals surface area (Å²) in [6.07, 6.45) is 5.75. The highest BCUT2D eigenvalue weighted by Crippen LogP contribution is 2.29. The molecule has 6 rings (SSSR count). The Kier molecular flexibility index (Phi) is 4.46. The van der Waals surface area contributed by atoms with Crippen LogP contribution < -0.4 is 4.90 Å². The molecule has 8 nitrogen and oxygen atoms in total. The Morgan fingerprint density at radius 3 is 2.69 bits per heavy atom. The maximum absolute atomic E-state index is 5.87. The van der Waals surface area contributed by atoms with Crippen LogP contribution in [0.1, 0.15) is 30.7 Å². The first kappa shape index (κ1) is 19.1. The van der Waals surface area contributed by atoms with Gasteiger partial charge in [0.15, 0.2) is 5.65 Å². The Hall–Kier alpha value is -3.65. The number of morpholine rings is 1. The molecule has 0 radical (unpaired) electrons. The monoisotopic (exact) mass is 425 g/mol. The molecule has 1 aromatic carbocycles. The van der Waals surface area contributed by atoms with Gasteiger partial charge in [0.05, 0.1) is 30.2 Å². The van der Waals surface area contributed by atoms with Crippen LogP contribution in [0.5, 0.6) is 0 Å². The van der Waals surface area contributed by atoms with Crippen LogP contribution in [0.4, 0.5) is 5.82 Å². The largest absolute Gasteiger partial charge is 0.372 e. The van der Waals surface area contributed by atoms with Crippen molar-refractivity contribution in [2.75, 3.05) is 18.0 Å². The third-order valence-electron chi connectivity index (χ3n) is 6.04. The standard InChI is InChI=1S/C24H23N7O/c1-15-10-30(11-16(2)32-15)23-8-21(26-13-27-23)24-20-7-17(3-4-18(20)9-25-24)19-5-6-22-29-28-14-31(22)12-19/h3-8,12-16H,9-11H2,1-2H3/t15-,16+. The number of benzene rings is 1. The summed E-state index contributed by atoms with van der Waals surface area (Å²) in [4.78, 5) is 16.2. The van der Waals surface area contributed by atoms with Crippen LogP contribution in [0.25, 0.3) is 16.8 Å². The van der Waals surface area contributed by atoms with Crippen LogP contribution in [0.15, 0.2) is 60.2 Å². The van der Waals surface area contributed by atoms with E-state index >= 15 is 0 Å². The zero-order chi connectivity index (χ0) is 21.7. The smallest absolute Gasteiger partial charge is 0.160 e. The normalized spacial score (nSPS) is 20.4. The zero-order valence-electron chi connectivity index (χ0n) is 18.0. The average Bonchev–Trinajstić information content (AvgIpc) is 3.44. The molecule has 0 amide bonds. The van der Waals surface area contributed by atoms with E-state index in [1.807, 2.05) is 16.7 Å². The number of hydrogen-bond acceptors (Lipinski definition) is 7. The number of aromatic nitrogens is 5. The summed E-state index contributed by atoms with van der Waals surface area (Å²) in [5.41, 5.74) is 7.17. The minimum absolute atomic E-state index is 0.173. The molecule has 1 saturated heterocycles. The lowest BCUT2D eigenvalue weighted by Gasteiger charge is -2.36. The van der Waals surface area contributed by atoms with E-state index in [-0.39, 0.29) is 12.2 Å². The molecular formula is C24H23N7O. The maximum atomic E-state index is 5.87. The molecule has 0 spiro atoms. The summed E-state index contributed by atoms with van der Waals surface area (Å²) < 4.78 is 7.80. The lowest BCUT2D eigenvalue weighted by atomic mass is 9.97. The Labute approximate surface area is 185 Å². The molecule has 32 heavy (non-hydrogen) atoms. The van der Waals surface area contributed by atoms with Crippen molar-refractivity contribution in [3.63, 3.8) is 0 Å². The molecule has 3 aromatic heterocycles. The molecule has 5 heterocycles. The molecule has 160 valence electrons.